The lowest BCUT2D eigenvalue weighted by Gasteiger charge is -2.23. The number of hydrogen-bond acceptors (Lipinski definition) is 6. The molecule has 0 bridgehead atoms. The minimum Gasteiger partial charge on any atom is -0.387 e. The van der Waals surface area contributed by atoms with E-state index in [1.54, 1.807) is 6.08 Å². The molecular formula is C42H79N2O6P. The Morgan fingerprint density at radius 2 is 1.14 bits per heavy atom. The third-order valence-electron chi connectivity index (χ3n) is 8.91. The van der Waals surface area contributed by atoms with E-state index in [1.807, 2.05) is 6.08 Å². The fourth-order valence-corrected chi connectivity index (χ4v) is 6.55. The van der Waals surface area contributed by atoms with E-state index in [-0.39, 0.29) is 25.7 Å². The number of aliphatic hydroxyl groups excluding tert-OH is 1. The Morgan fingerprint density at radius 1 is 0.667 bits per heavy atom. The summed E-state index contributed by atoms with van der Waals surface area (Å²) in [6.45, 7) is 4.01. The van der Waals surface area contributed by atoms with E-state index < -0.39 is 20.0 Å². The third kappa shape index (κ3) is 36.6. The van der Waals surface area contributed by atoms with Crippen LogP contribution in [0.5, 0.6) is 0 Å². The van der Waals surface area contributed by atoms with Crippen molar-refractivity contribution in [1.82, 2.24) is 5.32 Å². The van der Waals surface area contributed by atoms with Gasteiger partial charge in [-0.15, -0.1) is 0 Å². The van der Waals surface area contributed by atoms with Gasteiger partial charge in [-0.2, -0.15) is 0 Å². The van der Waals surface area contributed by atoms with Crippen LogP contribution in [0.1, 0.15) is 181 Å². The number of carbonyl (C=O) groups is 1. The molecule has 0 spiro atoms. The zero-order valence-electron chi connectivity index (χ0n) is 32.8. The largest absolute Gasteiger partial charge is 0.472 e. The van der Waals surface area contributed by atoms with Crippen LogP contribution >= 0.6 is 7.82 Å². The first-order valence-electron chi connectivity index (χ1n) is 20.8. The van der Waals surface area contributed by atoms with Crippen LogP contribution in [0, 0.1) is 0 Å². The van der Waals surface area contributed by atoms with Crippen LogP contribution in [0.15, 0.2) is 48.6 Å². The van der Waals surface area contributed by atoms with Gasteiger partial charge in [0.2, 0.25) is 5.91 Å². The van der Waals surface area contributed by atoms with Gasteiger partial charge >= 0.3 is 7.82 Å². The van der Waals surface area contributed by atoms with E-state index in [0.717, 1.165) is 70.6 Å². The fourth-order valence-electron chi connectivity index (χ4n) is 5.79. The Balaban J connectivity index is 4.27. The van der Waals surface area contributed by atoms with Crippen LogP contribution in [0.25, 0.3) is 0 Å². The van der Waals surface area contributed by atoms with Gasteiger partial charge in [0.15, 0.2) is 0 Å². The van der Waals surface area contributed by atoms with Gasteiger partial charge in [-0.1, -0.05) is 172 Å². The summed E-state index contributed by atoms with van der Waals surface area (Å²) in [7, 11) is -4.34. The molecule has 3 atom stereocenters. The summed E-state index contributed by atoms with van der Waals surface area (Å²) in [6.07, 6.45) is 45.8. The third-order valence-corrected chi connectivity index (χ3v) is 9.89. The highest BCUT2D eigenvalue weighted by molar-refractivity contribution is 7.47. The smallest absolute Gasteiger partial charge is 0.387 e. The van der Waals surface area contributed by atoms with Crippen molar-refractivity contribution in [2.24, 2.45) is 5.73 Å². The van der Waals surface area contributed by atoms with Gasteiger partial charge in [0, 0.05) is 13.0 Å². The predicted molar refractivity (Wildman–Crippen MR) is 217 cm³/mol. The van der Waals surface area contributed by atoms with Crippen LogP contribution in [0.3, 0.4) is 0 Å². The SMILES string of the molecule is CC/C=C\C/C=C\C/C=C\CCCCCCCCCC(=O)NC(COP(=O)(O)OCCN)C(O)/C=C/CCCCCCCCCCCCCCC. The number of amides is 1. The van der Waals surface area contributed by atoms with E-state index >= 15 is 0 Å². The molecule has 1 amide bonds. The lowest BCUT2D eigenvalue weighted by Crippen LogP contribution is -2.45. The molecule has 0 aliphatic rings. The summed E-state index contributed by atoms with van der Waals surface area (Å²) < 4.78 is 22.1. The number of unbranched alkanes of at least 4 members (excludes halogenated alkanes) is 20. The molecular weight excluding hydrogens is 659 g/mol. The molecule has 9 heteroatoms. The van der Waals surface area contributed by atoms with Gasteiger partial charge < -0.3 is 21.1 Å². The molecule has 8 nitrogen and oxygen atoms in total. The minimum atomic E-state index is -4.34. The van der Waals surface area contributed by atoms with Crippen molar-refractivity contribution < 1.29 is 28.4 Å². The van der Waals surface area contributed by atoms with Crippen molar-refractivity contribution in [3.8, 4) is 0 Å². The lowest BCUT2D eigenvalue weighted by molar-refractivity contribution is -0.123. The number of carbonyl (C=O) groups excluding carboxylic acids is 1. The van der Waals surface area contributed by atoms with E-state index in [2.05, 4.69) is 55.6 Å². The van der Waals surface area contributed by atoms with Crippen LogP contribution in [0.4, 0.5) is 0 Å². The average molecular weight is 739 g/mol. The van der Waals surface area contributed by atoms with Crippen molar-refractivity contribution in [2.75, 3.05) is 19.8 Å². The Hall–Kier alpha value is -1.54. The highest BCUT2D eigenvalue weighted by atomic mass is 31.2. The van der Waals surface area contributed by atoms with Crippen molar-refractivity contribution in [1.29, 1.82) is 0 Å². The summed E-state index contributed by atoms with van der Waals surface area (Å²) in [5, 5.41) is 13.6. The number of phosphoric acid groups is 1. The summed E-state index contributed by atoms with van der Waals surface area (Å²) >= 11 is 0. The Bertz CT molecular complexity index is 938. The maximum absolute atomic E-state index is 12.7. The zero-order valence-corrected chi connectivity index (χ0v) is 33.7. The number of hydrogen-bond donors (Lipinski definition) is 4. The Morgan fingerprint density at radius 3 is 1.67 bits per heavy atom. The van der Waals surface area contributed by atoms with Crippen molar-refractivity contribution in [3.05, 3.63) is 48.6 Å². The van der Waals surface area contributed by atoms with E-state index in [4.69, 9.17) is 14.8 Å². The first-order chi connectivity index (χ1) is 24.9. The Labute approximate surface area is 313 Å². The van der Waals surface area contributed by atoms with Crippen molar-refractivity contribution >= 4 is 13.7 Å². The first kappa shape index (κ1) is 49.5. The molecule has 298 valence electrons. The van der Waals surface area contributed by atoms with E-state index in [9.17, 15) is 19.4 Å². The molecule has 5 N–H and O–H groups in total. The van der Waals surface area contributed by atoms with Gasteiger partial charge in [-0.3, -0.25) is 13.8 Å². The maximum Gasteiger partial charge on any atom is 0.472 e. The second kappa shape index (κ2) is 38.2. The molecule has 0 aromatic rings. The van der Waals surface area contributed by atoms with E-state index in [1.165, 1.54) is 89.9 Å². The van der Waals surface area contributed by atoms with Gasteiger partial charge in [0.25, 0.3) is 0 Å². The van der Waals surface area contributed by atoms with E-state index in [0.29, 0.717) is 6.42 Å². The summed E-state index contributed by atoms with van der Waals surface area (Å²) in [5.74, 6) is -0.206. The maximum atomic E-state index is 12.7. The molecule has 0 saturated carbocycles. The second-order valence-electron chi connectivity index (χ2n) is 13.8. The van der Waals surface area contributed by atoms with Crippen LogP contribution in [0.2, 0.25) is 0 Å². The molecule has 0 aromatic carbocycles. The number of nitrogens with one attached hydrogen (secondary N) is 1. The highest BCUT2D eigenvalue weighted by Crippen LogP contribution is 2.43. The molecule has 0 aromatic heterocycles. The van der Waals surface area contributed by atoms with Gasteiger partial charge in [0.1, 0.15) is 0 Å². The number of aliphatic hydroxyl groups is 1. The molecule has 51 heavy (non-hydrogen) atoms. The topological polar surface area (TPSA) is 131 Å². The summed E-state index contributed by atoms with van der Waals surface area (Å²) in [6, 6.07) is -0.865. The fraction of sp³-hybridized carbons (Fsp3) is 0.786. The normalized spacial score (nSPS) is 14.7. The van der Waals surface area contributed by atoms with Crippen molar-refractivity contribution in [2.45, 2.75) is 193 Å². The van der Waals surface area contributed by atoms with Crippen LogP contribution in [-0.2, 0) is 18.4 Å². The lowest BCUT2D eigenvalue weighted by atomic mass is 10.0. The average Bonchev–Trinajstić information content (AvgIpc) is 3.12. The Kier molecular flexibility index (Phi) is 37.0. The minimum absolute atomic E-state index is 0.0752. The molecule has 0 fully saturated rings. The zero-order chi connectivity index (χ0) is 37.5. The number of rotatable bonds is 38. The quantitative estimate of drug-likeness (QED) is 0.0282. The number of allylic oxidation sites excluding steroid dienone is 7. The molecule has 0 radical (unpaired) electrons. The van der Waals surface area contributed by atoms with Crippen LogP contribution < -0.4 is 11.1 Å². The standard InChI is InChI=1S/C42H79N2O6P/c1-3-5-7-9-11-13-15-17-19-20-22-24-26-28-30-32-34-36-42(46)44-40(39-50-51(47,48)49-38-37-43)41(45)35-33-31-29-27-25-23-21-18-16-14-12-10-8-6-4-2/h5,7,11,13,17,19,33,35,40-41,45H,3-4,6,8-10,12,14-16,18,20-32,34,36-39,43H2,1-2H3,(H,44,46)(H,47,48)/b7-5-,13-11-,19-17-,35-33+. The summed E-state index contributed by atoms with van der Waals surface area (Å²) in [5.41, 5.74) is 5.37. The van der Waals surface area contributed by atoms with Gasteiger partial charge in [-0.25, -0.2) is 4.57 Å². The molecule has 0 aliphatic heterocycles. The predicted octanol–water partition coefficient (Wildman–Crippen LogP) is 11.3. The van der Waals surface area contributed by atoms with Crippen LogP contribution in [-0.4, -0.2) is 47.8 Å². The van der Waals surface area contributed by atoms with Crippen molar-refractivity contribution in [3.63, 3.8) is 0 Å². The molecule has 0 heterocycles. The van der Waals surface area contributed by atoms with Gasteiger partial charge in [-0.05, 0) is 51.4 Å². The highest BCUT2D eigenvalue weighted by Gasteiger charge is 2.26. The number of phosphoric ester groups is 1. The number of nitrogens with two attached hydrogens (primary N) is 1. The monoisotopic (exact) mass is 739 g/mol. The molecule has 0 rings (SSSR count). The molecule has 0 aliphatic carbocycles. The molecule has 0 saturated heterocycles. The van der Waals surface area contributed by atoms with Gasteiger partial charge in [0.05, 0.1) is 25.4 Å². The second-order valence-corrected chi connectivity index (χ2v) is 15.3. The molecule has 3 unspecified atom stereocenters. The first-order valence-corrected chi connectivity index (χ1v) is 22.3. The summed E-state index contributed by atoms with van der Waals surface area (Å²) in [4.78, 5) is 22.7.